The van der Waals surface area contributed by atoms with E-state index in [0.717, 1.165) is 16.6 Å². The molecule has 0 bridgehead atoms. The van der Waals surface area contributed by atoms with Crippen LogP contribution >= 0.6 is 27.5 Å². The van der Waals surface area contributed by atoms with Crippen LogP contribution in [0.15, 0.2) is 22.7 Å². The molecule has 6 heteroatoms. The van der Waals surface area contributed by atoms with E-state index in [-0.39, 0.29) is 5.97 Å². The van der Waals surface area contributed by atoms with Gasteiger partial charge in [0.25, 0.3) is 0 Å². The van der Waals surface area contributed by atoms with Crippen LogP contribution in [0.4, 0.5) is 0 Å². The number of likely N-dealkylation sites (N-methyl/N-ethyl adjacent to an activating group) is 1. The first kappa shape index (κ1) is 17.4. The number of carbonyl (C=O) groups excluding carboxylic acids is 1. The Morgan fingerprint density at radius 3 is 2.75 bits per heavy atom. The highest BCUT2D eigenvalue weighted by atomic mass is 79.9. The molecule has 1 aromatic carbocycles. The molecule has 0 radical (unpaired) electrons. The summed E-state index contributed by atoms with van der Waals surface area (Å²) in [6.45, 7) is 3.67. The van der Waals surface area contributed by atoms with Crippen molar-refractivity contribution < 1.29 is 9.53 Å². The lowest BCUT2D eigenvalue weighted by Crippen LogP contribution is -2.35. The van der Waals surface area contributed by atoms with Gasteiger partial charge < -0.3 is 9.64 Å². The third kappa shape index (κ3) is 5.40. The Morgan fingerprint density at radius 1 is 1.50 bits per heavy atom. The van der Waals surface area contributed by atoms with Gasteiger partial charge in [-0.25, -0.2) is 4.79 Å². The van der Waals surface area contributed by atoms with Crippen molar-refractivity contribution >= 4 is 33.5 Å². The highest BCUT2D eigenvalue weighted by molar-refractivity contribution is 9.10. The van der Waals surface area contributed by atoms with E-state index in [1.54, 1.807) is 19.1 Å². The van der Waals surface area contributed by atoms with Crippen LogP contribution in [0, 0.1) is 0 Å². The van der Waals surface area contributed by atoms with Gasteiger partial charge in [-0.05, 0) is 38.7 Å². The van der Waals surface area contributed by atoms with Crippen molar-refractivity contribution in [3.05, 3.63) is 33.3 Å². The van der Waals surface area contributed by atoms with Crippen LogP contribution in [-0.4, -0.2) is 44.7 Å². The molecule has 0 aromatic heterocycles. The first-order chi connectivity index (χ1) is 9.45. The van der Waals surface area contributed by atoms with E-state index in [4.69, 9.17) is 16.3 Å². The summed E-state index contributed by atoms with van der Waals surface area (Å²) in [4.78, 5) is 14.2. The van der Waals surface area contributed by atoms with Crippen LogP contribution in [0.5, 0.6) is 0 Å². The van der Waals surface area contributed by atoms with Gasteiger partial charge in [-0.3, -0.25) is 5.32 Å². The van der Waals surface area contributed by atoms with Gasteiger partial charge in [-0.15, -0.1) is 0 Å². The van der Waals surface area contributed by atoms with Gasteiger partial charge in [0.05, 0.1) is 6.61 Å². The molecule has 0 aliphatic heterocycles. The molecular formula is C14H20BrClN2O2. The van der Waals surface area contributed by atoms with Crippen molar-refractivity contribution in [3.63, 3.8) is 0 Å². The first-order valence-corrected chi connectivity index (χ1v) is 7.62. The maximum Gasteiger partial charge on any atom is 0.327 e. The van der Waals surface area contributed by atoms with Gasteiger partial charge in [0.1, 0.15) is 6.04 Å². The van der Waals surface area contributed by atoms with Crippen LogP contribution in [0.25, 0.3) is 0 Å². The highest BCUT2D eigenvalue weighted by Gasteiger charge is 2.23. The summed E-state index contributed by atoms with van der Waals surface area (Å²) in [7, 11) is 3.97. The molecule has 1 atom stereocenters. The average Bonchev–Trinajstić information content (AvgIpc) is 2.35. The number of benzene rings is 1. The lowest BCUT2D eigenvalue weighted by molar-refractivity contribution is -0.145. The molecule has 4 nitrogen and oxygen atoms in total. The largest absolute Gasteiger partial charge is 0.465 e. The Morgan fingerprint density at radius 2 is 2.20 bits per heavy atom. The number of ether oxygens (including phenoxy) is 1. The third-order valence-electron chi connectivity index (χ3n) is 2.70. The van der Waals surface area contributed by atoms with Crippen LogP contribution in [0.3, 0.4) is 0 Å². The summed E-state index contributed by atoms with van der Waals surface area (Å²) in [6, 6.07) is 4.87. The molecule has 0 amide bonds. The van der Waals surface area contributed by atoms with Gasteiger partial charge in [0, 0.05) is 22.6 Å². The van der Waals surface area contributed by atoms with Gasteiger partial charge in [0.15, 0.2) is 0 Å². The van der Waals surface area contributed by atoms with Crippen molar-refractivity contribution in [2.45, 2.75) is 13.0 Å². The quantitative estimate of drug-likeness (QED) is 0.756. The Bertz CT molecular complexity index is 455. The topological polar surface area (TPSA) is 41.6 Å². The normalized spacial score (nSPS) is 12.5. The molecule has 1 rings (SSSR count). The zero-order chi connectivity index (χ0) is 15.1. The van der Waals surface area contributed by atoms with Crippen molar-refractivity contribution in [2.75, 3.05) is 33.8 Å². The van der Waals surface area contributed by atoms with Crippen LogP contribution in [0.1, 0.15) is 18.5 Å². The number of nitrogens with zero attached hydrogens (tertiary/aromatic N) is 1. The molecule has 0 aliphatic carbocycles. The van der Waals surface area contributed by atoms with Crippen molar-refractivity contribution in [3.8, 4) is 0 Å². The summed E-state index contributed by atoms with van der Waals surface area (Å²) in [5.74, 6) is -0.283. The fourth-order valence-electron chi connectivity index (χ4n) is 1.71. The Kier molecular flexibility index (Phi) is 7.51. The number of esters is 1. The maximum absolute atomic E-state index is 12.1. The second-order valence-electron chi connectivity index (χ2n) is 4.61. The molecule has 0 saturated carbocycles. The monoisotopic (exact) mass is 362 g/mol. The summed E-state index contributed by atoms with van der Waals surface area (Å²) in [5, 5.41) is 3.84. The lowest BCUT2D eigenvalue weighted by atomic mass is 10.1. The van der Waals surface area contributed by atoms with Crippen molar-refractivity contribution in [1.29, 1.82) is 0 Å². The molecule has 1 aromatic rings. The second-order valence-corrected chi connectivity index (χ2v) is 5.90. The Hall–Kier alpha value is -0.620. The van der Waals surface area contributed by atoms with E-state index in [1.807, 2.05) is 25.1 Å². The SMILES string of the molecule is CCOC(=O)C(NCCN(C)C)c1ccc(Cl)cc1Br. The van der Waals surface area contributed by atoms with E-state index in [1.165, 1.54) is 0 Å². The predicted molar refractivity (Wildman–Crippen MR) is 85.1 cm³/mol. The van der Waals surface area contributed by atoms with Crippen molar-refractivity contribution in [1.82, 2.24) is 10.2 Å². The van der Waals surface area contributed by atoms with Gasteiger partial charge in [0.2, 0.25) is 0 Å². The predicted octanol–water partition coefficient (Wildman–Crippen LogP) is 2.86. The molecule has 0 heterocycles. The Labute approximate surface area is 133 Å². The highest BCUT2D eigenvalue weighted by Crippen LogP contribution is 2.27. The van der Waals surface area contributed by atoms with Gasteiger partial charge >= 0.3 is 5.97 Å². The zero-order valence-corrected chi connectivity index (χ0v) is 14.3. The van der Waals surface area contributed by atoms with Crippen LogP contribution in [0.2, 0.25) is 5.02 Å². The van der Waals surface area contributed by atoms with Crippen LogP contribution in [-0.2, 0) is 9.53 Å². The Balaban J connectivity index is 2.88. The minimum absolute atomic E-state index is 0.283. The molecule has 1 N–H and O–H groups in total. The molecule has 0 fully saturated rings. The van der Waals surface area contributed by atoms with Gasteiger partial charge in [-0.2, -0.15) is 0 Å². The number of nitrogens with one attached hydrogen (secondary N) is 1. The maximum atomic E-state index is 12.1. The summed E-state index contributed by atoms with van der Waals surface area (Å²) < 4.78 is 5.92. The molecule has 112 valence electrons. The number of hydrogen-bond acceptors (Lipinski definition) is 4. The fraction of sp³-hybridized carbons (Fsp3) is 0.500. The average molecular weight is 364 g/mol. The molecule has 20 heavy (non-hydrogen) atoms. The van der Waals surface area contributed by atoms with E-state index in [2.05, 4.69) is 21.2 Å². The number of rotatable bonds is 7. The number of hydrogen-bond donors (Lipinski definition) is 1. The molecule has 1 unspecified atom stereocenters. The summed E-state index contributed by atoms with van der Waals surface area (Å²) in [6.07, 6.45) is 0. The number of carbonyl (C=O) groups is 1. The van der Waals surface area contributed by atoms with Gasteiger partial charge in [-0.1, -0.05) is 33.6 Å². The van der Waals surface area contributed by atoms with Crippen LogP contribution < -0.4 is 5.32 Å². The first-order valence-electron chi connectivity index (χ1n) is 6.45. The zero-order valence-electron chi connectivity index (χ0n) is 12.0. The van der Waals surface area contributed by atoms with E-state index in [9.17, 15) is 4.79 Å². The standard InChI is InChI=1S/C14H20BrClN2O2/c1-4-20-14(19)13(17-7-8-18(2)3)11-6-5-10(16)9-12(11)15/h5-6,9,13,17H,4,7-8H2,1-3H3. The van der Waals surface area contributed by atoms with Crippen molar-refractivity contribution in [2.24, 2.45) is 0 Å². The molecular weight excluding hydrogens is 344 g/mol. The van der Waals surface area contributed by atoms with E-state index < -0.39 is 6.04 Å². The minimum atomic E-state index is -0.499. The molecule has 0 aliphatic rings. The number of halogens is 2. The minimum Gasteiger partial charge on any atom is -0.465 e. The second kappa shape index (κ2) is 8.62. The fourth-order valence-corrected chi connectivity index (χ4v) is 2.63. The third-order valence-corrected chi connectivity index (χ3v) is 3.63. The molecule has 0 saturated heterocycles. The summed E-state index contributed by atoms with van der Waals surface area (Å²) >= 11 is 9.38. The summed E-state index contributed by atoms with van der Waals surface area (Å²) in [5.41, 5.74) is 0.826. The van der Waals surface area contributed by atoms with E-state index >= 15 is 0 Å². The van der Waals surface area contributed by atoms with E-state index in [0.29, 0.717) is 18.2 Å². The smallest absolute Gasteiger partial charge is 0.327 e. The molecule has 0 spiro atoms. The lowest BCUT2D eigenvalue weighted by Gasteiger charge is -2.20.